The van der Waals surface area contributed by atoms with Crippen LogP contribution in [0.4, 0.5) is 24.5 Å². The van der Waals surface area contributed by atoms with E-state index in [1.165, 1.54) is 32.2 Å². The molecule has 0 saturated heterocycles. The van der Waals surface area contributed by atoms with E-state index in [-0.39, 0.29) is 29.2 Å². The molecule has 2 rings (SSSR count). The Balaban J connectivity index is 2.47. The number of hydrogen-bond acceptors (Lipinski definition) is 3. The zero-order chi connectivity index (χ0) is 17.1. The highest BCUT2D eigenvalue weighted by molar-refractivity contribution is 5.92. The second-order valence-corrected chi connectivity index (χ2v) is 4.85. The Labute approximate surface area is 131 Å². The van der Waals surface area contributed by atoms with Crippen molar-refractivity contribution in [1.82, 2.24) is 0 Å². The molecular weight excluding hydrogens is 309 g/mol. The van der Waals surface area contributed by atoms with Gasteiger partial charge in [0.15, 0.2) is 11.6 Å². The van der Waals surface area contributed by atoms with Gasteiger partial charge < -0.3 is 15.4 Å². The largest absolute Gasteiger partial charge is 0.496 e. The summed E-state index contributed by atoms with van der Waals surface area (Å²) in [5, 5.41) is 0. The van der Waals surface area contributed by atoms with E-state index in [9.17, 15) is 18.0 Å². The Bertz CT molecular complexity index is 750. The second kappa shape index (κ2) is 6.60. The van der Waals surface area contributed by atoms with Crippen LogP contribution in [0.3, 0.4) is 0 Å². The van der Waals surface area contributed by atoms with Crippen molar-refractivity contribution in [3.63, 3.8) is 0 Å². The summed E-state index contributed by atoms with van der Waals surface area (Å²) in [6.45, 7) is 0.969. The monoisotopic (exact) mass is 324 g/mol. The number of nitrogens with two attached hydrogens (primary N) is 1. The molecular formula is C16H15F3N2O2. The molecule has 1 amide bonds. The van der Waals surface area contributed by atoms with Gasteiger partial charge in [0.1, 0.15) is 11.6 Å². The molecule has 0 radical (unpaired) electrons. The number of ether oxygens (including phenoxy) is 1. The molecule has 0 heterocycles. The van der Waals surface area contributed by atoms with Gasteiger partial charge in [0.05, 0.1) is 24.9 Å². The summed E-state index contributed by atoms with van der Waals surface area (Å²) < 4.78 is 45.8. The zero-order valence-electron chi connectivity index (χ0n) is 12.6. The number of anilines is 2. The molecule has 23 heavy (non-hydrogen) atoms. The van der Waals surface area contributed by atoms with Crippen LogP contribution in [-0.4, -0.2) is 13.0 Å². The van der Waals surface area contributed by atoms with Crippen molar-refractivity contribution in [2.24, 2.45) is 0 Å². The number of carbonyl (C=O) groups is 1. The molecule has 0 aliphatic carbocycles. The van der Waals surface area contributed by atoms with Crippen molar-refractivity contribution >= 4 is 17.3 Å². The van der Waals surface area contributed by atoms with E-state index in [0.29, 0.717) is 0 Å². The zero-order valence-corrected chi connectivity index (χ0v) is 12.6. The normalized spacial score (nSPS) is 10.5. The standard InChI is InChI=1S/C16H15F3N2O2/c1-9(22)21(10-3-4-12(17)14(20)7-10)8-11-15(23-2)6-5-13(18)16(11)19/h3-7H,8,20H2,1-2H3. The third-order valence-corrected chi connectivity index (χ3v) is 3.36. The van der Waals surface area contributed by atoms with Crippen molar-refractivity contribution in [3.8, 4) is 5.75 Å². The second-order valence-electron chi connectivity index (χ2n) is 4.85. The molecule has 0 aliphatic rings. The fourth-order valence-electron chi connectivity index (χ4n) is 2.16. The fourth-order valence-corrected chi connectivity index (χ4v) is 2.16. The van der Waals surface area contributed by atoms with Crippen LogP contribution >= 0.6 is 0 Å². The van der Waals surface area contributed by atoms with Gasteiger partial charge in [-0.25, -0.2) is 13.2 Å². The molecule has 0 aliphatic heterocycles. The predicted octanol–water partition coefficient (Wildman–Crippen LogP) is 3.25. The quantitative estimate of drug-likeness (QED) is 0.879. The van der Waals surface area contributed by atoms with Crippen molar-refractivity contribution < 1.29 is 22.7 Å². The van der Waals surface area contributed by atoms with Gasteiger partial charge in [-0.05, 0) is 30.3 Å². The van der Waals surface area contributed by atoms with Gasteiger partial charge in [0, 0.05) is 12.6 Å². The van der Waals surface area contributed by atoms with Gasteiger partial charge in [-0.1, -0.05) is 0 Å². The van der Waals surface area contributed by atoms with Gasteiger partial charge in [-0.15, -0.1) is 0 Å². The number of hydrogen-bond donors (Lipinski definition) is 1. The van der Waals surface area contributed by atoms with Crippen molar-refractivity contribution in [2.45, 2.75) is 13.5 Å². The first-order chi connectivity index (χ1) is 10.8. The molecule has 2 N–H and O–H groups in total. The highest BCUT2D eigenvalue weighted by atomic mass is 19.2. The maximum Gasteiger partial charge on any atom is 0.224 e. The highest BCUT2D eigenvalue weighted by Gasteiger charge is 2.21. The minimum atomic E-state index is -1.11. The van der Waals surface area contributed by atoms with Crippen molar-refractivity contribution in [1.29, 1.82) is 0 Å². The fraction of sp³-hybridized carbons (Fsp3) is 0.188. The Morgan fingerprint density at radius 3 is 2.39 bits per heavy atom. The first kappa shape index (κ1) is 16.7. The molecule has 122 valence electrons. The molecule has 0 saturated carbocycles. The number of rotatable bonds is 4. The average molecular weight is 324 g/mol. The van der Waals surface area contributed by atoms with Crippen LogP contribution in [-0.2, 0) is 11.3 Å². The Morgan fingerprint density at radius 2 is 1.83 bits per heavy atom. The Morgan fingerprint density at radius 1 is 1.17 bits per heavy atom. The first-order valence-electron chi connectivity index (χ1n) is 6.69. The summed E-state index contributed by atoms with van der Waals surface area (Å²) in [4.78, 5) is 13.0. The van der Waals surface area contributed by atoms with Crippen LogP contribution in [0.15, 0.2) is 30.3 Å². The summed E-state index contributed by atoms with van der Waals surface area (Å²) in [6.07, 6.45) is 0. The van der Waals surface area contributed by atoms with Crippen LogP contribution in [0.1, 0.15) is 12.5 Å². The van der Waals surface area contributed by atoms with E-state index in [1.54, 1.807) is 0 Å². The molecule has 0 aromatic heterocycles. The SMILES string of the molecule is COc1ccc(F)c(F)c1CN(C(C)=O)c1ccc(F)c(N)c1. The topological polar surface area (TPSA) is 55.6 Å². The smallest absolute Gasteiger partial charge is 0.224 e. The predicted molar refractivity (Wildman–Crippen MR) is 80.6 cm³/mol. The van der Waals surface area contributed by atoms with E-state index in [4.69, 9.17) is 10.5 Å². The lowest BCUT2D eigenvalue weighted by molar-refractivity contribution is -0.116. The molecule has 4 nitrogen and oxygen atoms in total. The number of carbonyl (C=O) groups excluding carboxylic acids is 1. The lowest BCUT2D eigenvalue weighted by Gasteiger charge is -2.23. The molecule has 0 atom stereocenters. The number of nitrogen functional groups attached to an aromatic ring is 1. The Hall–Kier alpha value is -2.70. The van der Waals surface area contributed by atoms with Crippen LogP contribution in [0, 0.1) is 17.5 Å². The molecule has 0 unspecified atom stereocenters. The first-order valence-corrected chi connectivity index (χ1v) is 6.69. The van der Waals surface area contributed by atoms with E-state index < -0.39 is 23.4 Å². The Kier molecular flexibility index (Phi) is 4.78. The minimum Gasteiger partial charge on any atom is -0.496 e. The number of benzene rings is 2. The van der Waals surface area contributed by atoms with Crippen LogP contribution in [0.25, 0.3) is 0 Å². The molecule has 7 heteroatoms. The van der Waals surface area contributed by atoms with Crippen molar-refractivity contribution in [2.75, 3.05) is 17.7 Å². The van der Waals surface area contributed by atoms with E-state index in [1.807, 2.05) is 0 Å². The molecule has 0 bridgehead atoms. The van der Waals surface area contributed by atoms with Gasteiger partial charge in [0.25, 0.3) is 0 Å². The van der Waals surface area contributed by atoms with E-state index in [2.05, 4.69) is 0 Å². The van der Waals surface area contributed by atoms with Crippen LogP contribution in [0.5, 0.6) is 5.75 Å². The molecule has 0 spiro atoms. The molecule has 0 fully saturated rings. The molecule has 2 aromatic rings. The third-order valence-electron chi connectivity index (χ3n) is 3.36. The maximum atomic E-state index is 14.1. The minimum absolute atomic E-state index is 0.102. The molecule has 2 aromatic carbocycles. The maximum absolute atomic E-state index is 14.1. The number of halogens is 3. The van der Waals surface area contributed by atoms with Crippen molar-refractivity contribution in [3.05, 3.63) is 53.3 Å². The van der Waals surface area contributed by atoms with Gasteiger partial charge in [-0.3, -0.25) is 4.79 Å². The van der Waals surface area contributed by atoms with Gasteiger partial charge >= 0.3 is 0 Å². The van der Waals surface area contributed by atoms with Crippen LogP contribution in [0.2, 0.25) is 0 Å². The lowest BCUT2D eigenvalue weighted by atomic mass is 10.1. The number of nitrogens with zero attached hydrogens (tertiary/aromatic N) is 1. The summed E-state index contributed by atoms with van der Waals surface area (Å²) in [6, 6.07) is 5.88. The number of methoxy groups -OCH3 is 1. The van der Waals surface area contributed by atoms with Gasteiger partial charge in [0.2, 0.25) is 5.91 Å². The van der Waals surface area contributed by atoms with E-state index >= 15 is 0 Å². The lowest BCUT2D eigenvalue weighted by Crippen LogP contribution is -2.28. The average Bonchev–Trinajstić information content (AvgIpc) is 2.51. The third kappa shape index (κ3) is 3.39. The number of amides is 1. The summed E-state index contributed by atoms with van der Waals surface area (Å²) >= 11 is 0. The van der Waals surface area contributed by atoms with Crippen LogP contribution < -0.4 is 15.4 Å². The van der Waals surface area contributed by atoms with E-state index in [0.717, 1.165) is 17.0 Å². The summed E-state index contributed by atoms with van der Waals surface area (Å²) in [5.41, 5.74) is 5.48. The summed E-state index contributed by atoms with van der Waals surface area (Å²) in [7, 11) is 1.31. The summed E-state index contributed by atoms with van der Waals surface area (Å²) in [5.74, 6) is -3.13. The van der Waals surface area contributed by atoms with Gasteiger partial charge in [-0.2, -0.15) is 0 Å². The highest BCUT2D eigenvalue weighted by Crippen LogP contribution is 2.28.